The molecule has 0 saturated carbocycles. The van der Waals surface area contributed by atoms with Crippen LogP contribution in [0.15, 0.2) is 122 Å². The largest absolute Gasteiger partial charge is 0.462 e. The van der Waals surface area contributed by atoms with Gasteiger partial charge in [0.2, 0.25) is 0 Å². The monoisotopic (exact) mass is 983 g/mol. The molecule has 0 aromatic heterocycles. The smallest absolute Gasteiger partial charge is 0.306 e. The van der Waals surface area contributed by atoms with Gasteiger partial charge in [-0.3, -0.25) is 14.4 Å². The standard InChI is InChI=1S/C65H106O6/c1-4-7-10-13-16-19-22-25-28-31-34-37-40-43-46-49-52-55-58-64(67)70-61-62(60-69-63(66)57-54-51-48-45-42-39-36-33-30-27-24-21-18-15-12-9-6-3)71-65(68)59-56-53-50-47-44-41-38-35-32-29-26-23-20-17-14-11-8-5-2/h10,13,16,18-19,21-22,25,27-28,30-31,34-39,45,48,62H,4-9,11-12,14-15,17,20,23-24,26,29,32-33,40-44,46-47,49-61H2,1-3H3/b13-10-,19-16-,21-18-,25-22-,30-27-,31-28-,37-34-,38-35-,39-36-,48-45-. The van der Waals surface area contributed by atoms with Crippen LogP contribution in [-0.2, 0) is 28.6 Å². The maximum Gasteiger partial charge on any atom is 0.306 e. The van der Waals surface area contributed by atoms with Crippen molar-refractivity contribution in [2.75, 3.05) is 13.2 Å². The molecule has 1 atom stereocenters. The van der Waals surface area contributed by atoms with Gasteiger partial charge in [-0.1, -0.05) is 251 Å². The van der Waals surface area contributed by atoms with Gasteiger partial charge in [0.1, 0.15) is 13.2 Å². The second-order valence-corrected chi connectivity index (χ2v) is 19.0. The first-order chi connectivity index (χ1) is 35.0. The zero-order chi connectivity index (χ0) is 51.4. The van der Waals surface area contributed by atoms with E-state index in [2.05, 4.69) is 118 Å². The highest BCUT2D eigenvalue weighted by molar-refractivity contribution is 5.71. The average molecular weight is 984 g/mol. The molecule has 0 heterocycles. The Morgan fingerprint density at radius 3 is 1.07 bits per heavy atom. The second-order valence-electron chi connectivity index (χ2n) is 19.0. The number of esters is 3. The van der Waals surface area contributed by atoms with Gasteiger partial charge in [-0.25, -0.2) is 0 Å². The van der Waals surface area contributed by atoms with Crippen molar-refractivity contribution in [1.29, 1.82) is 0 Å². The first-order valence-electron chi connectivity index (χ1n) is 29.1. The molecule has 0 rings (SSSR count). The van der Waals surface area contributed by atoms with Crippen LogP contribution < -0.4 is 0 Å². The summed E-state index contributed by atoms with van der Waals surface area (Å²) < 4.78 is 16.8. The third-order valence-electron chi connectivity index (χ3n) is 12.0. The molecule has 0 saturated heterocycles. The molecule has 0 aliphatic rings. The third kappa shape index (κ3) is 56.6. The van der Waals surface area contributed by atoms with Crippen LogP contribution in [0.2, 0.25) is 0 Å². The number of hydrogen-bond acceptors (Lipinski definition) is 6. The maximum atomic E-state index is 12.9. The molecular formula is C65H106O6. The summed E-state index contributed by atoms with van der Waals surface area (Å²) in [6, 6.07) is 0. The molecule has 6 heteroatoms. The first kappa shape index (κ1) is 66.8. The highest BCUT2D eigenvalue weighted by atomic mass is 16.6. The van der Waals surface area contributed by atoms with Gasteiger partial charge < -0.3 is 14.2 Å². The molecule has 402 valence electrons. The highest BCUT2D eigenvalue weighted by Crippen LogP contribution is 2.14. The Hall–Kier alpha value is -4.19. The SMILES string of the molecule is CCC\C=C/C=C\C=C/C=C\C=C/CCCCCCCC(=O)OCC(COC(=O)CCC/C=C\C/C=C\C/C=C\C/C=C\CCCCC)OC(=O)CCCCCCC/C=C\CCCCCCCCCCC. The predicted molar refractivity (Wildman–Crippen MR) is 306 cm³/mol. The lowest BCUT2D eigenvalue weighted by Crippen LogP contribution is -2.30. The fraction of sp³-hybridized carbons (Fsp3) is 0.646. The van der Waals surface area contributed by atoms with Crippen molar-refractivity contribution >= 4 is 17.9 Å². The van der Waals surface area contributed by atoms with Crippen LogP contribution >= 0.6 is 0 Å². The lowest BCUT2D eigenvalue weighted by molar-refractivity contribution is -0.167. The van der Waals surface area contributed by atoms with E-state index in [0.717, 1.165) is 103 Å². The van der Waals surface area contributed by atoms with Crippen LogP contribution in [0.5, 0.6) is 0 Å². The summed E-state index contributed by atoms with van der Waals surface area (Å²) in [6.07, 6.45) is 80.4. The van der Waals surface area contributed by atoms with E-state index in [1.807, 2.05) is 24.3 Å². The van der Waals surface area contributed by atoms with Gasteiger partial charge in [0.15, 0.2) is 6.10 Å². The topological polar surface area (TPSA) is 78.9 Å². The van der Waals surface area contributed by atoms with Crippen LogP contribution in [0, 0.1) is 0 Å². The van der Waals surface area contributed by atoms with Crippen LogP contribution in [0.1, 0.15) is 252 Å². The van der Waals surface area contributed by atoms with Crippen LogP contribution in [0.3, 0.4) is 0 Å². The van der Waals surface area contributed by atoms with E-state index in [-0.39, 0.29) is 37.5 Å². The van der Waals surface area contributed by atoms with Crippen LogP contribution in [-0.4, -0.2) is 37.2 Å². The molecule has 0 radical (unpaired) electrons. The Kier molecular flexibility index (Phi) is 54.9. The maximum absolute atomic E-state index is 12.9. The number of ether oxygens (including phenoxy) is 3. The number of rotatable bonds is 51. The molecule has 0 aliphatic carbocycles. The summed E-state index contributed by atoms with van der Waals surface area (Å²) in [5, 5.41) is 0. The van der Waals surface area contributed by atoms with Crippen molar-refractivity contribution in [3.8, 4) is 0 Å². The van der Waals surface area contributed by atoms with Crippen molar-refractivity contribution in [3.63, 3.8) is 0 Å². The molecule has 0 amide bonds. The van der Waals surface area contributed by atoms with Crippen molar-refractivity contribution in [2.45, 2.75) is 258 Å². The molecular weight excluding hydrogens is 877 g/mol. The fourth-order valence-corrected chi connectivity index (χ4v) is 7.64. The van der Waals surface area contributed by atoms with E-state index >= 15 is 0 Å². The zero-order valence-electron chi connectivity index (χ0n) is 45.9. The summed E-state index contributed by atoms with van der Waals surface area (Å²) in [7, 11) is 0. The van der Waals surface area contributed by atoms with Gasteiger partial charge in [0.25, 0.3) is 0 Å². The number of allylic oxidation sites excluding steroid dienone is 20. The molecule has 1 unspecified atom stereocenters. The molecule has 0 aromatic rings. The molecule has 0 bridgehead atoms. The summed E-state index contributed by atoms with van der Waals surface area (Å²) >= 11 is 0. The summed E-state index contributed by atoms with van der Waals surface area (Å²) in [5.41, 5.74) is 0. The van der Waals surface area contributed by atoms with E-state index in [4.69, 9.17) is 14.2 Å². The van der Waals surface area contributed by atoms with Gasteiger partial charge >= 0.3 is 17.9 Å². The van der Waals surface area contributed by atoms with E-state index in [1.165, 1.54) is 103 Å². The third-order valence-corrected chi connectivity index (χ3v) is 12.0. The van der Waals surface area contributed by atoms with Crippen molar-refractivity contribution in [3.05, 3.63) is 122 Å². The van der Waals surface area contributed by atoms with Gasteiger partial charge in [0.05, 0.1) is 0 Å². The predicted octanol–water partition coefficient (Wildman–Crippen LogP) is 19.6. The highest BCUT2D eigenvalue weighted by Gasteiger charge is 2.19. The molecule has 0 spiro atoms. The van der Waals surface area contributed by atoms with E-state index < -0.39 is 6.10 Å². The number of carbonyl (C=O) groups is 3. The number of hydrogen-bond donors (Lipinski definition) is 0. The minimum absolute atomic E-state index is 0.115. The van der Waals surface area contributed by atoms with Crippen LogP contribution in [0.25, 0.3) is 0 Å². The van der Waals surface area contributed by atoms with Gasteiger partial charge in [0, 0.05) is 19.3 Å². The molecule has 6 nitrogen and oxygen atoms in total. The lowest BCUT2D eigenvalue weighted by atomic mass is 10.1. The minimum Gasteiger partial charge on any atom is -0.462 e. The van der Waals surface area contributed by atoms with Gasteiger partial charge in [-0.05, 0) is 103 Å². The minimum atomic E-state index is -0.820. The van der Waals surface area contributed by atoms with E-state index in [0.29, 0.717) is 19.3 Å². The molecule has 0 N–H and O–H groups in total. The normalized spacial score (nSPS) is 13.0. The molecule has 71 heavy (non-hydrogen) atoms. The number of unbranched alkanes of at least 4 members (excludes halogenated alkanes) is 24. The van der Waals surface area contributed by atoms with Crippen molar-refractivity contribution in [2.24, 2.45) is 0 Å². The van der Waals surface area contributed by atoms with Crippen LogP contribution in [0.4, 0.5) is 0 Å². The molecule has 0 fully saturated rings. The Morgan fingerprint density at radius 2 is 0.606 bits per heavy atom. The average Bonchev–Trinajstić information content (AvgIpc) is 3.37. The van der Waals surface area contributed by atoms with Gasteiger partial charge in [-0.2, -0.15) is 0 Å². The fourth-order valence-electron chi connectivity index (χ4n) is 7.64. The van der Waals surface area contributed by atoms with Crippen molar-refractivity contribution in [1.82, 2.24) is 0 Å². The molecule has 0 aliphatic heterocycles. The lowest BCUT2D eigenvalue weighted by Gasteiger charge is -2.18. The first-order valence-corrected chi connectivity index (χ1v) is 29.1. The summed E-state index contributed by atoms with van der Waals surface area (Å²) in [5.74, 6) is -1.00. The second kappa shape index (κ2) is 58.4. The summed E-state index contributed by atoms with van der Waals surface area (Å²) in [6.45, 7) is 6.45. The van der Waals surface area contributed by atoms with Gasteiger partial charge in [-0.15, -0.1) is 0 Å². The number of carbonyl (C=O) groups excluding carboxylic acids is 3. The summed E-state index contributed by atoms with van der Waals surface area (Å²) in [4.78, 5) is 38.2. The van der Waals surface area contributed by atoms with E-state index in [9.17, 15) is 14.4 Å². The zero-order valence-corrected chi connectivity index (χ0v) is 45.9. The van der Waals surface area contributed by atoms with Crippen molar-refractivity contribution < 1.29 is 28.6 Å². The Labute approximate surface area is 437 Å². The Morgan fingerprint density at radius 1 is 0.296 bits per heavy atom. The quantitative estimate of drug-likeness (QED) is 0.0199. The molecule has 0 aromatic carbocycles. The Balaban J connectivity index is 4.55. The van der Waals surface area contributed by atoms with E-state index in [1.54, 1.807) is 0 Å². The Bertz CT molecular complexity index is 1500.